The first-order chi connectivity index (χ1) is 8.76. The number of nitrogen functional groups attached to an aromatic ring is 1. The van der Waals surface area contributed by atoms with Crippen molar-refractivity contribution in [2.24, 2.45) is 7.05 Å². The van der Waals surface area contributed by atoms with E-state index in [2.05, 4.69) is 5.10 Å². The highest BCUT2D eigenvalue weighted by Crippen LogP contribution is 2.32. The van der Waals surface area contributed by atoms with Gasteiger partial charge in [0.2, 0.25) is 10.0 Å². The summed E-state index contributed by atoms with van der Waals surface area (Å²) >= 11 is 0. The highest BCUT2D eigenvalue weighted by Gasteiger charge is 2.38. The van der Waals surface area contributed by atoms with E-state index in [1.165, 1.54) is 4.68 Å². The largest absolute Gasteiger partial charge is 0.381 e. The first-order valence-electron chi connectivity index (χ1n) is 6.59. The summed E-state index contributed by atoms with van der Waals surface area (Å²) in [6, 6.07) is 0.0144. The number of rotatable bonds is 2. The number of aryl methyl sites for hydroxylation is 1. The van der Waals surface area contributed by atoms with E-state index in [9.17, 15) is 8.42 Å². The van der Waals surface area contributed by atoms with Crippen molar-refractivity contribution in [3.05, 3.63) is 5.69 Å². The monoisotopic (exact) mass is 286 g/mol. The lowest BCUT2D eigenvalue weighted by atomic mass is 10.0. The molecule has 1 fully saturated rings. The molecule has 1 aliphatic heterocycles. The SMILES string of the molecule is Cc1c(S(=O)(=O)N2C(C)CCCC2C)c(N)nn1C. The van der Waals surface area contributed by atoms with Gasteiger partial charge in [-0.3, -0.25) is 4.68 Å². The summed E-state index contributed by atoms with van der Waals surface area (Å²) in [5.41, 5.74) is 6.37. The molecule has 0 aliphatic carbocycles. The Bertz CT molecular complexity index is 569. The average Bonchev–Trinajstić information content (AvgIpc) is 2.52. The van der Waals surface area contributed by atoms with Gasteiger partial charge >= 0.3 is 0 Å². The van der Waals surface area contributed by atoms with Crippen LogP contribution in [0.15, 0.2) is 4.90 Å². The van der Waals surface area contributed by atoms with Crippen LogP contribution >= 0.6 is 0 Å². The molecule has 1 aromatic heterocycles. The minimum absolute atomic E-state index is 0.00718. The summed E-state index contributed by atoms with van der Waals surface area (Å²) in [6.07, 6.45) is 2.85. The van der Waals surface area contributed by atoms with Gasteiger partial charge in [0.15, 0.2) is 5.82 Å². The van der Waals surface area contributed by atoms with Crippen molar-refractivity contribution in [3.8, 4) is 0 Å². The molecule has 1 saturated heterocycles. The molecule has 0 saturated carbocycles. The minimum atomic E-state index is -3.58. The van der Waals surface area contributed by atoms with Gasteiger partial charge in [-0.1, -0.05) is 6.42 Å². The lowest BCUT2D eigenvalue weighted by Crippen LogP contribution is -2.47. The predicted molar refractivity (Wildman–Crippen MR) is 74.2 cm³/mol. The Hall–Kier alpha value is -1.08. The minimum Gasteiger partial charge on any atom is -0.381 e. The Morgan fingerprint density at radius 3 is 2.21 bits per heavy atom. The summed E-state index contributed by atoms with van der Waals surface area (Å²) in [4.78, 5) is 0.163. The van der Waals surface area contributed by atoms with Crippen LogP contribution in [0.1, 0.15) is 38.8 Å². The third kappa shape index (κ3) is 2.25. The highest BCUT2D eigenvalue weighted by molar-refractivity contribution is 7.89. The summed E-state index contributed by atoms with van der Waals surface area (Å²) in [7, 11) is -1.87. The highest BCUT2D eigenvalue weighted by atomic mass is 32.2. The van der Waals surface area contributed by atoms with Crippen molar-refractivity contribution in [2.45, 2.75) is 57.0 Å². The Morgan fingerprint density at radius 2 is 1.79 bits per heavy atom. The van der Waals surface area contributed by atoms with Crippen molar-refractivity contribution in [2.75, 3.05) is 5.73 Å². The zero-order chi connectivity index (χ0) is 14.4. The van der Waals surface area contributed by atoms with Crippen LogP contribution in [0, 0.1) is 6.92 Å². The van der Waals surface area contributed by atoms with Crippen LogP contribution in [-0.4, -0.2) is 34.6 Å². The van der Waals surface area contributed by atoms with Gasteiger partial charge < -0.3 is 5.73 Å². The second-order valence-electron chi connectivity index (χ2n) is 5.39. The van der Waals surface area contributed by atoms with Gasteiger partial charge in [-0.2, -0.15) is 9.40 Å². The third-order valence-corrected chi connectivity index (χ3v) is 6.25. The van der Waals surface area contributed by atoms with Crippen LogP contribution in [0.25, 0.3) is 0 Å². The molecular formula is C12H22N4O2S. The maximum Gasteiger partial charge on any atom is 0.249 e. The van der Waals surface area contributed by atoms with Crippen LogP contribution in [-0.2, 0) is 17.1 Å². The van der Waals surface area contributed by atoms with Crippen LogP contribution in [0.4, 0.5) is 5.82 Å². The van der Waals surface area contributed by atoms with Crippen LogP contribution in [0.3, 0.4) is 0 Å². The molecule has 0 aromatic carbocycles. The average molecular weight is 286 g/mol. The standard InChI is InChI=1S/C12H22N4O2S/c1-8-6-5-7-9(2)16(8)19(17,18)11-10(3)15(4)14-12(11)13/h8-9H,5-7H2,1-4H3,(H2,13,14). The Kier molecular flexibility index (Phi) is 3.61. The van der Waals surface area contributed by atoms with E-state index in [0.29, 0.717) is 5.69 Å². The Balaban J connectivity index is 2.52. The summed E-state index contributed by atoms with van der Waals surface area (Å²) in [5, 5.41) is 4.01. The van der Waals surface area contributed by atoms with E-state index in [-0.39, 0.29) is 22.8 Å². The number of nitrogens with zero attached hydrogens (tertiary/aromatic N) is 3. The maximum absolute atomic E-state index is 12.9. The quantitative estimate of drug-likeness (QED) is 0.887. The molecule has 2 atom stereocenters. The molecule has 0 bridgehead atoms. The number of aromatic nitrogens is 2. The van der Waals surface area contributed by atoms with E-state index in [1.54, 1.807) is 18.3 Å². The molecule has 1 aromatic rings. The van der Waals surface area contributed by atoms with Crippen LogP contribution < -0.4 is 5.73 Å². The molecule has 0 spiro atoms. The summed E-state index contributed by atoms with van der Waals surface area (Å²) in [5.74, 6) is 0.0879. The molecule has 2 heterocycles. The molecule has 7 heteroatoms. The van der Waals surface area contributed by atoms with Crippen molar-refractivity contribution in [1.29, 1.82) is 0 Å². The Labute approximate surface area is 114 Å². The molecule has 2 rings (SSSR count). The van der Waals surface area contributed by atoms with E-state index >= 15 is 0 Å². The molecule has 2 unspecified atom stereocenters. The zero-order valence-corrected chi connectivity index (χ0v) is 12.7. The van der Waals surface area contributed by atoms with Gasteiger partial charge in [0, 0.05) is 19.1 Å². The molecule has 6 nitrogen and oxygen atoms in total. The first-order valence-corrected chi connectivity index (χ1v) is 8.03. The first kappa shape index (κ1) is 14.3. The second-order valence-corrected chi connectivity index (χ2v) is 7.17. The molecule has 0 amide bonds. The number of hydrogen-bond acceptors (Lipinski definition) is 4. The molecule has 0 radical (unpaired) electrons. The fraction of sp³-hybridized carbons (Fsp3) is 0.750. The van der Waals surface area contributed by atoms with E-state index in [4.69, 9.17) is 5.73 Å². The van der Waals surface area contributed by atoms with Gasteiger partial charge in [-0.15, -0.1) is 0 Å². The third-order valence-electron chi connectivity index (χ3n) is 3.95. The lowest BCUT2D eigenvalue weighted by Gasteiger charge is -2.37. The second kappa shape index (κ2) is 4.79. The fourth-order valence-electron chi connectivity index (χ4n) is 2.91. The van der Waals surface area contributed by atoms with Gasteiger partial charge in [0.1, 0.15) is 4.90 Å². The van der Waals surface area contributed by atoms with Crippen molar-refractivity contribution in [3.63, 3.8) is 0 Å². The summed E-state index contributed by atoms with van der Waals surface area (Å²) < 4.78 is 28.8. The number of piperidine rings is 1. The van der Waals surface area contributed by atoms with Gasteiger partial charge in [0.05, 0.1) is 5.69 Å². The van der Waals surface area contributed by atoms with Gasteiger partial charge in [0.25, 0.3) is 0 Å². The number of hydrogen-bond donors (Lipinski definition) is 1. The smallest absolute Gasteiger partial charge is 0.249 e. The predicted octanol–water partition coefficient (Wildman–Crippen LogP) is 1.26. The van der Waals surface area contributed by atoms with E-state index in [0.717, 1.165) is 19.3 Å². The lowest BCUT2D eigenvalue weighted by molar-refractivity contribution is 0.204. The molecule has 108 valence electrons. The summed E-state index contributed by atoms with van der Waals surface area (Å²) in [6.45, 7) is 5.64. The normalized spacial score (nSPS) is 25.7. The van der Waals surface area contributed by atoms with E-state index in [1.807, 2.05) is 13.8 Å². The van der Waals surface area contributed by atoms with Crippen molar-refractivity contribution in [1.82, 2.24) is 14.1 Å². The maximum atomic E-state index is 12.9. The fourth-order valence-corrected chi connectivity index (χ4v) is 5.09. The molecule has 19 heavy (non-hydrogen) atoms. The van der Waals surface area contributed by atoms with Crippen LogP contribution in [0.5, 0.6) is 0 Å². The van der Waals surface area contributed by atoms with E-state index < -0.39 is 10.0 Å². The topological polar surface area (TPSA) is 81.2 Å². The van der Waals surface area contributed by atoms with Crippen LogP contribution in [0.2, 0.25) is 0 Å². The molecule has 1 aliphatic rings. The van der Waals surface area contributed by atoms with Gasteiger partial charge in [-0.25, -0.2) is 8.42 Å². The molecular weight excluding hydrogens is 264 g/mol. The van der Waals surface area contributed by atoms with Gasteiger partial charge in [-0.05, 0) is 33.6 Å². The number of anilines is 1. The molecule has 2 N–H and O–H groups in total. The zero-order valence-electron chi connectivity index (χ0n) is 11.9. The van der Waals surface area contributed by atoms with Crippen molar-refractivity contribution < 1.29 is 8.42 Å². The van der Waals surface area contributed by atoms with Crippen molar-refractivity contribution >= 4 is 15.8 Å². The number of nitrogens with two attached hydrogens (primary N) is 1. The Morgan fingerprint density at radius 1 is 1.26 bits per heavy atom. The number of sulfonamides is 1.